The minimum Gasteiger partial charge on any atom is -0.496 e. The summed E-state index contributed by atoms with van der Waals surface area (Å²) in [5, 5.41) is 0. The van der Waals surface area contributed by atoms with Gasteiger partial charge in [0, 0.05) is 22.3 Å². The lowest BCUT2D eigenvalue weighted by molar-refractivity contribution is 0.416. The second-order valence-electron chi connectivity index (χ2n) is 7.75. The van der Waals surface area contributed by atoms with E-state index in [9.17, 15) is 0 Å². The van der Waals surface area contributed by atoms with Crippen LogP contribution in [-0.2, 0) is 0 Å². The van der Waals surface area contributed by atoms with Crippen molar-refractivity contribution in [3.63, 3.8) is 0 Å². The minimum absolute atomic E-state index is 0.748. The normalized spacial score (nSPS) is 10.6. The molecule has 4 heteroatoms. The van der Waals surface area contributed by atoms with Crippen LogP contribution in [0, 0.1) is 0 Å². The van der Waals surface area contributed by atoms with Gasteiger partial charge in [-0.05, 0) is 24.3 Å². The van der Waals surface area contributed by atoms with Gasteiger partial charge in [0.25, 0.3) is 0 Å². The topological polar surface area (TPSA) is 44.2 Å². The second-order valence-corrected chi connectivity index (χ2v) is 7.75. The molecule has 0 aliphatic carbocycles. The number of hydrogen-bond donors (Lipinski definition) is 0. The summed E-state index contributed by atoms with van der Waals surface area (Å²) in [6.45, 7) is 0. The molecule has 0 amide bonds. The van der Waals surface area contributed by atoms with Crippen LogP contribution in [-0.4, -0.2) is 24.2 Å². The van der Waals surface area contributed by atoms with Crippen LogP contribution in [0.4, 0.5) is 0 Å². The molecule has 0 fully saturated rings. The van der Waals surface area contributed by atoms with E-state index in [0.29, 0.717) is 0 Å². The molecule has 0 unspecified atom stereocenters. The highest BCUT2D eigenvalue weighted by Crippen LogP contribution is 2.41. The lowest BCUT2D eigenvalue weighted by atomic mass is 9.98. The van der Waals surface area contributed by atoms with Crippen molar-refractivity contribution < 1.29 is 9.47 Å². The smallest absolute Gasteiger partial charge is 0.128 e. The number of hydrogen-bond acceptors (Lipinski definition) is 4. The summed E-state index contributed by atoms with van der Waals surface area (Å²) in [7, 11) is 3.35. The largest absolute Gasteiger partial charge is 0.496 e. The highest BCUT2D eigenvalue weighted by atomic mass is 16.5. The van der Waals surface area contributed by atoms with E-state index in [4.69, 9.17) is 19.4 Å². The molecular weight excluding hydrogens is 420 g/mol. The molecule has 0 radical (unpaired) electrons. The number of rotatable bonds is 6. The number of ether oxygens (including phenoxy) is 2. The summed E-state index contributed by atoms with van der Waals surface area (Å²) in [4.78, 5) is 10.5. The van der Waals surface area contributed by atoms with Crippen LogP contribution < -0.4 is 9.47 Å². The zero-order chi connectivity index (χ0) is 23.3. The first-order chi connectivity index (χ1) is 16.8. The fourth-order valence-electron chi connectivity index (χ4n) is 4.09. The van der Waals surface area contributed by atoms with Gasteiger partial charge in [-0.3, -0.25) is 0 Å². The third-order valence-electron chi connectivity index (χ3n) is 5.71. The third kappa shape index (κ3) is 4.02. The van der Waals surface area contributed by atoms with Crippen molar-refractivity contribution in [1.82, 2.24) is 9.97 Å². The molecule has 1 aromatic heterocycles. The molecule has 4 aromatic carbocycles. The maximum Gasteiger partial charge on any atom is 0.128 e. The van der Waals surface area contributed by atoms with E-state index in [1.807, 2.05) is 84.9 Å². The molecular formula is C30H24N2O2. The van der Waals surface area contributed by atoms with Crippen LogP contribution in [0.25, 0.3) is 45.0 Å². The van der Waals surface area contributed by atoms with Crippen molar-refractivity contribution in [3.8, 4) is 56.5 Å². The molecule has 5 aromatic rings. The Balaban J connectivity index is 1.89. The molecule has 0 bridgehead atoms. The van der Waals surface area contributed by atoms with Crippen molar-refractivity contribution in [2.45, 2.75) is 0 Å². The Morgan fingerprint density at radius 3 is 1.15 bits per heavy atom. The van der Waals surface area contributed by atoms with E-state index in [1.165, 1.54) is 0 Å². The Kier molecular flexibility index (Phi) is 6.04. The van der Waals surface area contributed by atoms with Gasteiger partial charge in [0.05, 0.1) is 25.6 Å². The molecule has 1 heterocycles. The zero-order valence-electron chi connectivity index (χ0n) is 19.1. The fraction of sp³-hybridized carbons (Fsp3) is 0.0667. The molecule has 0 saturated heterocycles. The molecule has 0 aliphatic heterocycles. The van der Waals surface area contributed by atoms with Crippen molar-refractivity contribution in [2.24, 2.45) is 0 Å². The first-order valence-electron chi connectivity index (χ1n) is 11.1. The SMILES string of the molecule is COc1ccccc1-c1nc(-c2ccccc2)c(-c2ccccc2OC)nc1-c1ccccc1. The van der Waals surface area contributed by atoms with Crippen molar-refractivity contribution >= 4 is 0 Å². The average molecular weight is 445 g/mol. The Hall–Kier alpha value is -4.44. The van der Waals surface area contributed by atoms with E-state index in [1.54, 1.807) is 14.2 Å². The van der Waals surface area contributed by atoms with Crippen LogP contribution in [0.1, 0.15) is 0 Å². The second kappa shape index (κ2) is 9.59. The van der Waals surface area contributed by atoms with E-state index in [0.717, 1.165) is 56.5 Å². The number of para-hydroxylation sites is 2. The Bertz CT molecular complexity index is 1310. The predicted octanol–water partition coefficient (Wildman–Crippen LogP) is 7.16. The van der Waals surface area contributed by atoms with Crippen molar-refractivity contribution in [1.29, 1.82) is 0 Å². The van der Waals surface area contributed by atoms with E-state index in [-0.39, 0.29) is 0 Å². The fourth-order valence-corrected chi connectivity index (χ4v) is 4.09. The molecule has 0 spiro atoms. The van der Waals surface area contributed by atoms with Gasteiger partial charge in [-0.2, -0.15) is 0 Å². The lowest BCUT2D eigenvalue weighted by Gasteiger charge is -2.18. The van der Waals surface area contributed by atoms with Crippen LogP contribution >= 0.6 is 0 Å². The molecule has 4 nitrogen and oxygen atoms in total. The van der Waals surface area contributed by atoms with Gasteiger partial charge in [0.15, 0.2) is 0 Å². The van der Waals surface area contributed by atoms with Gasteiger partial charge in [-0.25, -0.2) is 9.97 Å². The maximum atomic E-state index is 5.70. The average Bonchev–Trinajstić information content (AvgIpc) is 2.93. The van der Waals surface area contributed by atoms with Crippen molar-refractivity contribution in [3.05, 3.63) is 109 Å². The number of nitrogens with zero attached hydrogens (tertiary/aromatic N) is 2. The maximum absolute atomic E-state index is 5.70. The van der Waals surface area contributed by atoms with Gasteiger partial charge < -0.3 is 9.47 Å². The Morgan fingerprint density at radius 2 is 0.765 bits per heavy atom. The standard InChI is InChI=1S/C30H24N2O2/c1-33-25-19-11-9-17-23(25)29-27(21-13-5-3-6-14-21)32-30(24-18-10-12-20-26(24)34-2)28(31-29)22-15-7-4-8-16-22/h3-20H,1-2H3. The van der Waals surface area contributed by atoms with E-state index in [2.05, 4.69) is 24.3 Å². The quantitative estimate of drug-likeness (QED) is 0.279. The summed E-state index contributed by atoms with van der Waals surface area (Å²) in [6, 6.07) is 36.1. The monoisotopic (exact) mass is 444 g/mol. The summed E-state index contributed by atoms with van der Waals surface area (Å²) >= 11 is 0. The van der Waals surface area contributed by atoms with E-state index >= 15 is 0 Å². The molecule has 0 aliphatic rings. The summed E-state index contributed by atoms with van der Waals surface area (Å²) < 4.78 is 11.4. The van der Waals surface area contributed by atoms with Gasteiger partial charge in [-0.1, -0.05) is 84.9 Å². The molecule has 34 heavy (non-hydrogen) atoms. The minimum atomic E-state index is 0.748. The number of aromatic nitrogens is 2. The lowest BCUT2D eigenvalue weighted by Crippen LogP contribution is -2.02. The Morgan fingerprint density at radius 1 is 0.412 bits per heavy atom. The molecule has 166 valence electrons. The van der Waals surface area contributed by atoms with Gasteiger partial charge >= 0.3 is 0 Å². The highest BCUT2D eigenvalue weighted by molar-refractivity contribution is 5.89. The molecule has 0 atom stereocenters. The summed E-state index contributed by atoms with van der Waals surface area (Å²) in [5.74, 6) is 1.50. The molecule has 0 N–H and O–H groups in total. The van der Waals surface area contributed by atoms with Crippen LogP contribution in [0.2, 0.25) is 0 Å². The summed E-state index contributed by atoms with van der Waals surface area (Å²) in [6.07, 6.45) is 0. The van der Waals surface area contributed by atoms with Gasteiger partial charge in [0.1, 0.15) is 22.9 Å². The first-order valence-corrected chi connectivity index (χ1v) is 11.1. The van der Waals surface area contributed by atoms with Crippen molar-refractivity contribution in [2.75, 3.05) is 14.2 Å². The third-order valence-corrected chi connectivity index (χ3v) is 5.71. The Labute approximate surface area is 199 Å². The van der Waals surface area contributed by atoms with Gasteiger partial charge in [-0.15, -0.1) is 0 Å². The van der Waals surface area contributed by atoms with E-state index < -0.39 is 0 Å². The molecule has 0 saturated carbocycles. The van der Waals surface area contributed by atoms with Crippen LogP contribution in [0.15, 0.2) is 109 Å². The highest BCUT2D eigenvalue weighted by Gasteiger charge is 2.22. The zero-order valence-corrected chi connectivity index (χ0v) is 19.1. The van der Waals surface area contributed by atoms with Crippen LogP contribution in [0.5, 0.6) is 11.5 Å². The number of benzene rings is 4. The predicted molar refractivity (Wildman–Crippen MR) is 137 cm³/mol. The van der Waals surface area contributed by atoms with Crippen LogP contribution in [0.3, 0.4) is 0 Å². The van der Waals surface area contributed by atoms with Gasteiger partial charge in [0.2, 0.25) is 0 Å². The first kappa shape index (κ1) is 21.4. The number of methoxy groups -OCH3 is 2. The summed E-state index contributed by atoms with van der Waals surface area (Å²) in [5.41, 5.74) is 6.83. The molecule has 5 rings (SSSR count).